The predicted octanol–water partition coefficient (Wildman–Crippen LogP) is 4.33. The van der Waals surface area contributed by atoms with Crippen LogP contribution in [0.2, 0.25) is 0 Å². The van der Waals surface area contributed by atoms with Gasteiger partial charge < -0.3 is 10.1 Å². The van der Waals surface area contributed by atoms with Gasteiger partial charge in [-0.05, 0) is 66.9 Å². The second-order valence-corrected chi connectivity index (χ2v) is 11.4. The van der Waals surface area contributed by atoms with Gasteiger partial charge in [-0.1, -0.05) is 61.0 Å². The van der Waals surface area contributed by atoms with E-state index < -0.39 is 10.0 Å². The smallest absolute Gasteiger partial charge is 0.241 e. The van der Waals surface area contributed by atoms with Crippen LogP contribution in [0.4, 0.5) is 5.69 Å². The number of nitrogens with one attached hydrogen (secondary N) is 1. The standard InChI is InChI=1S/C29H35N3O4S/c1-37(34,35)32(27-13-15-28(16-14-27)36-23-24-9-4-2-5-10-24)22-29(33)30-20-25-11-8-12-26(19-25)21-31-17-6-3-7-18-31/h2,4-5,8-16,19H,3,6-7,17-18,20-23H2,1H3,(H,30,33). The molecule has 1 aliphatic heterocycles. The van der Waals surface area contributed by atoms with E-state index >= 15 is 0 Å². The van der Waals surface area contributed by atoms with E-state index in [1.165, 1.54) is 24.8 Å². The van der Waals surface area contributed by atoms with Crippen LogP contribution in [0, 0.1) is 0 Å². The molecule has 0 saturated carbocycles. The quantitative estimate of drug-likeness (QED) is 0.406. The Morgan fingerprint density at radius 2 is 1.57 bits per heavy atom. The monoisotopic (exact) mass is 521 g/mol. The molecule has 1 heterocycles. The van der Waals surface area contributed by atoms with Gasteiger partial charge >= 0.3 is 0 Å². The lowest BCUT2D eigenvalue weighted by atomic mass is 10.1. The van der Waals surface area contributed by atoms with Gasteiger partial charge in [0.2, 0.25) is 15.9 Å². The minimum atomic E-state index is -3.66. The van der Waals surface area contributed by atoms with Crippen molar-refractivity contribution in [3.8, 4) is 5.75 Å². The zero-order valence-corrected chi connectivity index (χ0v) is 22.1. The van der Waals surface area contributed by atoms with Crippen molar-refractivity contribution in [1.29, 1.82) is 0 Å². The van der Waals surface area contributed by atoms with E-state index in [-0.39, 0.29) is 12.5 Å². The molecule has 3 aromatic carbocycles. The fourth-order valence-electron chi connectivity index (χ4n) is 4.45. The number of amides is 1. The molecule has 0 aliphatic carbocycles. The third-order valence-electron chi connectivity index (χ3n) is 6.40. The SMILES string of the molecule is CS(=O)(=O)N(CC(=O)NCc1cccc(CN2CCCCC2)c1)c1ccc(OCc2ccccc2)cc1. The van der Waals surface area contributed by atoms with Crippen LogP contribution < -0.4 is 14.4 Å². The minimum absolute atomic E-state index is 0.295. The third kappa shape index (κ3) is 8.33. The summed E-state index contributed by atoms with van der Waals surface area (Å²) in [5.74, 6) is 0.256. The number of carbonyl (C=O) groups excluding carboxylic acids is 1. The zero-order chi connectivity index (χ0) is 26.1. The van der Waals surface area contributed by atoms with Gasteiger partial charge in [0.1, 0.15) is 18.9 Å². The number of likely N-dealkylation sites (tertiary alicyclic amines) is 1. The molecule has 37 heavy (non-hydrogen) atoms. The molecule has 1 saturated heterocycles. The average molecular weight is 522 g/mol. The lowest BCUT2D eigenvalue weighted by Crippen LogP contribution is -2.40. The topological polar surface area (TPSA) is 79.0 Å². The molecule has 1 N–H and O–H groups in total. The Morgan fingerprint density at radius 1 is 0.892 bits per heavy atom. The van der Waals surface area contributed by atoms with E-state index in [4.69, 9.17) is 4.74 Å². The Hall–Kier alpha value is -3.36. The molecule has 0 spiro atoms. The highest BCUT2D eigenvalue weighted by Crippen LogP contribution is 2.22. The van der Waals surface area contributed by atoms with Crippen LogP contribution in [0.5, 0.6) is 5.75 Å². The minimum Gasteiger partial charge on any atom is -0.489 e. The van der Waals surface area contributed by atoms with E-state index in [1.54, 1.807) is 24.3 Å². The molecule has 3 aromatic rings. The predicted molar refractivity (Wildman–Crippen MR) is 147 cm³/mol. The number of ether oxygens (including phenoxy) is 1. The Morgan fingerprint density at radius 3 is 2.27 bits per heavy atom. The number of hydrogen-bond donors (Lipinski definition) is 1. The lowest BCUT2D eigenvalue weighted by Gasteiger charge is -2.26. The number of sulfonamides is 1. The van der Waals surface area contributed by atoms with E-state index in [2.05, 4.69) is 22.3 Å². The van der Waals surface area contributed by atoms with Gasteiger partial charge in [0.25, 0.3) is 0 Å². The van der Waals surface area contributed by atoms with Crippen molar-refractivity contribution < 1.29 is 17.9 Å². The van der Waals surface area contributed by atoms with Crippen molar-refractivity contribution in [1.82, 2.24) is 10.2 Å². The van der Waals surface area contributed by atoms with Gasteiger partial charge in [-0.3, -0.25) is 14.0 Å². The van der Waals surface area contributed by atoms with Crippen molar-refractivity contribution in [3.63, 3.8) is 0 Å². The van der Waals surface area contributed by atoms with Gasteiger partial charge in [0.15, 0.2) is 0 Å². The molecule has 1 fully saturated rings. The maximum absolute atomic E-state index is 12.7. The lowest BCUT2D eigenvalue weighted by molar-refractivity contribution is -0.119. The summed E-state index contributed by atoms with van der Waals surface area (Å²) in [7, 11) is -3.66. The van der Waals surface area contributed by atoms with Gasteiger partial charge in [0.05, 0.1) is 11.9 Å². The van der Waals surface area contributed by atoms with Crippen molar-refractivity contribution in [2.24, 2.45) is 0 Å². The summed E-state index contributed by atoms with van der Waals surface area (Å²) in [5, 5.41) is 2.87. The molecular weight excluding hydrogens is 486 g/mol. The maximum atomic E-state index is 12.7. The fraction of sp³-hybridized carbons (Fsp3) is 0.345. The number of hydrogen-bond acceptors (Lipinski definition) is 5. The Kier molecular flexibility index (Phi) is 9.19. The van der Waals surface area contributed by atoms with Crippen LogP contribution in [0.15, 0.2) is 78.9 Å². The molecule has 196 valence electrons. The molecule has 8 heteroatoms. The van der Waals surface area contributed by atoms with Gasteiger partial charge in [-0.15, -0.1) is 0 Å². The molecule has 0 radical (unpaired) electrons. The van der Waals surface area contributed by atoms with E-state index in [9.17, 15) is 13.2 Å². The van der Waals surface area contributed by atoms with Crippen LogP contribution in [0.3, 0.4) is 0 Å². The summed E-state index contributed by atoms with van der Waals surface area (Å²) in [6.45, 7) is 3.63. The zero-order valence-electron chi connectivity index (χ0n) is 21.3. The maximum Gasteiger partial charge on any atom is 0.241 e. The summed E-state index contributed by atoms with van der Waals surface area (Å²) in [6, 6.07) is 24.7. The highest BCUT2D eigenvalue weighted by molar-refractivity contribution is 7.92. The first-order valence-electron chi connectivity index (χ1n) is 12.7. The summed E-state index contributed by atoms with van der Waals surface area (Å²) in [6.07, 6.45) is 4.90. The van der Waals surface area contributed by atoms with Gasteiger partial charge in [-0.25, -0.2) is 8.42 Å². The summed E-state index contributed by atoms with van der Waals surface area (Å²) >= 11 is 0. The number of piperidine rings is 1. The summed E-state index contributed by atoms with van der Waals surface area (Å²) < 4.78 is 31.9. The number of rotatable bonds is 11. The van der Waals surface area contributed by atoms with E-state index in [0.29, 0.717) is 24.6 Å². The van der Waals surface area contributed by atoms with Crippen molar-refractivity contribution in [2.75, 3.05) is 30.2 Å². The highest BCUT2D eigenvalue weighted by Gasteiger charge is 2.21. The van der Waals surface area contributed by atoms with Crippen LogP contribution in [-0.2, 0) is 34.5 Å². The van der Waals surface area contributed by atoms with Crippen LogP contribution in [-0.4, -0.2) is 45.1 Å². The highest BCUT2D eigenvalue weighted by atomic mass is 32.2. The van der Waals surface area contributed by atoms with Crippen LogP contribution >= 0.6 is 0 Å². The molecule has 0 aromatic heterocycles. The normalized spacial score (nSPS) is 14.2. The van der Waals surface area contributed by atoms with Crippen molar-refractivity contribution in [3.05, 3.63) is 95.6 Å². The number of carbonyl (C=O) groups is 1. The summed E-state index contributed by atoms with van der Waals surface area (Å²) in [5.41, 5.74) is 3.67. The van der Waals surface area contributed by atoms with Gasteiger partial charge in [0, 0.05) is 13.1 Å². The van der Waals surface area contributed by atoms with Crippen LogP contribution in [0.1, 0.15) is 36.0 Å². The fourth-order valence-corrected chi connectivity index (χ4v) is 5.31. The third-order valence-corrected chi connectivity index (χ3v) is 7.54. The molecule has 0 atom stereocenters. The largest absolute Gasteiger partial charge is 0.489 e. The first-order chi connectivity index (χ1) is 17.9. The second kappa shape index (κ2) is 12.7. The molecular formula is C29H35N3O4S. The molecule has 1 amide bonds. The molecule has 1 aliphatic rings. The molecule has 0 unspecified atom stereocenters. The number of benzene rings is 3. The molecule has 4 rings (SSSR count). The molecule has 7 nitrogen and oxygen atoms in total. The Bertz CT molecular complexity index is 1260. The Balaban J connectivity index is 1.32. The van der Waals surface area contributed by atoms with Crippen molar-refractivity contribution in [2.45, 2.75) is 39.0 Å². The van der Waals surface area contributed by atoms with Gasteiger partial charge in [-0.2, -0.15) is 0 Å². The first kappa shape index (κ1) is 26.7. The van der Waals surface area contributed by atoms with Crippen LogP contribution in [0.25, 0.3) is 0 Å². The first-order valence-corrected chi connectivity index (χ1v) is 14.5. The summed E-state index contributed by atoms with van der Waals surface area (Å²) in [4.78, 5) is 15.2. The van der Waals surface area contributed by atoms with Crippen molar-refractivity contribution >= 4 is 21.6 Å². The Labute approximate surface area is 220 Å². The number of nitrogens with zero attached hydrogens (tertiary/aromatic N) is 2. The van der Waals surface area contributed by atoms with E-state index in [0.717, 1.165) is 41.3 Å². The average Bonchev–Trinajstić information content (AvgIpc) is 2.90. The van der Waals surface area contributed by atoms with E-state index in [1.807, 2.05) is 42.5 Å². The second-order valence-electron chi connectivity index (χ2n) is 9.47. The molecule has 0 bridgehead atoms. The number of anilines is 1.